The lowest BCUT2D eigenvalue weighted by atomic mass is 10.1. The van der Waals surface area contributed by atoms with Gasteiger partial charge in [-0.2, -0.15) is 0 Å². The van der Waals surface area contributed by atoms with E-state index in [-0.39, 0.29) is 6.10 Å². The van der Waals surface area contributed by atoms with Gasteiger partial charge in [-0.25, -0.2) is 4.98 Å². The van der Waals surface area contributed by atoms with E-state index in [9.17, 15) is 0 Å². The molecule has 0 aliphatic rings. The predicted octanol–water partition coefficient (Wildman–Crippen LogP) is 5.33. The predicted molar refractivity (Wildman–Crippen MR) is 95.7 cm³/mol. The van der Waals surface area contributed by atoms with Gasteiger partial charge in [0.2, 0.25) is 0 Å². The van der Waals surface area contributed by atoms with Gasteiger partial charge in [0.1, 0.15) is 11.9 Å². The Morgan fingerprint density at radius 2 is 2.04 bits per heavy atom. The molecular weight excluding hydrogens is 351 g/mol. The van der Waals surface area contributed by atoms with Gasteiger partial charge in [0.05, 0.1) is 22.2 Å². The first kappa shape index (κ1) is 16.4. The maximum Gasteiger partial charge on any atom is 0.138 e. The first-order valence-electron chi connectivity index (χ1n) is 7.32. The van der Waals surface area contributed by atoms with Gasteiger partial charge in [-0.3, -0.25) is 0 Å². The van der Waals surface area contributed by atoms with E-state index in [0.717, 1.165) is 23.7 Å². The van der Waals surface area contributed by atoms with Crippen LogP contribution in [0.4, 0.5) is 0 Å². The number of ether oxygens (including phenoxy) is 1. The highest BCUT2D eigenvalue weighted by atomic mass is 35.5. The summed E-state index contributed by atoms with van der Waals surface area (Å²) in [5, 5.41) is 0.627. The van der Waals surface area contributed by atoms with Crippen LogP contribution in [0.1, 0.15) is 11.3 Å². The zero-order valence-corrected chi connectivity index (χ0v) is 14.7. The van der Waals surface area contributed by atoms with Crippen LogP contribution in [-0.4, -0.2) is 15.7 Å². The van der Waals surface area contributed by atoms with Gasteiger partial charge in [0.25, 0.3) is 0 Å². The maximum atomic E-state index is 6.21. The first-order chi connectivity index (χ1) is 11.2. The van der Waals surface area contributed by atoms with Crippen LogP contribution in [0.5, 0.6) is 5.75 Å². The van der Waals surface area contributed by atoms with Crippen molar-refractivity contribution < 1.29 is 4.74 Å². The quantitative estimate of drug-likeness (QED) is 0.564. The molecule has 1 unspecified atom stereocenters. The Hall–Kier alpha value is -1.49. The summed E-state index contributed by atoms with van der Waals surface area (Å²) < 4.78 is 8.97. The molecule has 6 heteroatoms. The molecule has 3 aromatic rings. The van der Waals surface area contributed by atoms with E-state index in [1.54, 1.807) is 23.9 Å². The molecule has 0 aliphatic heterocycles. The second-order valence-electron chi connectivity index (χ2n) is 5.17. The molecule has 3 rings (SSSR count). The summed E-state index contributed by atoms with van der Waals surface area (Å²) in [4.78, 5) is 5.35. The molecule has 3 nitrogen and oxygen atoms in total. The highest BCUT2D eigenvalue weighted by molar-refractivity contribution is 7.16. The third kappa shape index (κ3) is 4.74. The summed E-state index contributed by atoms with van der Waals surface area (Å²) in [5.41, 5.74) is 0. The van der Waals surface area contributed by atoms with Crippen LogP contribution in [0.2, 0.25) is 9.36 Å². The van der Waals surface area contributed by atoms with Crippen LogP contribution in [0.15, 0.2) is 55.1 Å². The van der Waals surface area contributed by atoms with Gasteiger partial charge in [-0.15, -0.1) is 11.3 Å². The lowest BCUT2D eigenvalue weighted by Gasteiger charge is -2.20. The molecule has 0 amide bonds. The van der Waals surface area contributed by atoms with E-state index < -0.39 is 0 Å². The van der Waals surface area contributed by atoms with Gasteiger partial charge >= 0.3 is 0 Å². The van der Waals surface area contributed by atoms with Crippen molar-refractivity contribution in [2.24, 2.45) is 0 Å². The SMILES string of the molecule is Clc1ccc(CCC(Cn2ccnc2)Oc2ccccc2Cl)s1. The van der Waals surface area contributed by atoms with Crippen LogP contribution in [0, 0.1) is 0 Å². The van der Waals surface area contributed by atoms with E-state index in [1.807, 2.05) is 41.1 Å². The molecule has 2 aromatic heterocycles. The zero-order valence-electron chi connectivity index (χ0n) is 12.4. The van der Waals surface area contributed by atoms with Crippen LogP contribution < -0.4 is 4.74 Å². The number of thiophene rings is 1. The molecule has 0 aliphatic carbocycles. The van der Waals surface area contributed by atoms with Crippen molar-refractivity contribution in [1.82, 2.24) is 9.55 Å². The van der Waals surface area contributed by atoms with Gasteiger partial charge < -0.3 is 9.30 Å². The normalized spacial score (nSPS) is 12.3. The number of hydrogen-bond acceptors (Lipinski definition) is 3. The maximum absolute atomic E-state index is 6.21. The Bertz CT molecular complexity index is 743. The number of rotatable bonds is 7. The van der Waals surface area contributed by atoms with Crippen LogP contribution in [0.3, 0.4) is 0 Å². The number of aromatic nitrogens is 2. The molecular formula is C17H16Cl2N2OS. The number of benzene rings is 1. The van der Waals surface area contributed by atoms with Crippen molar-refractivity contribution in [1.29, 1.82) is 0 Å². The van der Waals surface area contributed by atoms with Crippen LogP contribution >= 0.6 is 34.5 Å². The minimum Gasteiger partial charge on any atom is -0.487 e. The molecule has 0 bridgehead atoms. The second-order valence-corrected chi connectivity index (χ2v) is 7.38. The zero-order chi connectivity index (χ0) is 16.1. The standard InChI is InChI=1S/C17H16Cl2N2OS/c18-15-3-1-2-4-16(15)22-13(11-21-10-9-20-12-21)5-6-14-7-8-17(19)23-14/h1-4,7-10,12-13H,5-6,11H2. The molecule has 0 saturated carbocycles. The van der Waals surface area contributed by atoms with E-state index in [0.29, 0.717) is 10.8 Å². The van der Waals surface area contributed by atoms with Crippen molar-refractivity contribution in [3.63, 3.8) is 0 Å². The Kier molecular flexibility index (Phi) is 5.60. The third-order valence-corrected chi connectivity index (χ3v) is 5.05. The number of imidazole rings is 1. The van der Waals surface area contributed by atoms with E-state index in [1.165, 1.54) is 4.88 Å². The van der Waals surface area contributed by atoms with Crippen LogP contribution in [0.25, 0.3) is 0 Å². The Morgan fingerprint density at radius 1 is 1.17 bits per heavy atom. The molecule has 120 valence electrons. The summed E-state index contributed by atoms with van der Waals surface area (Å²) in [7, 11) is 0. The molecule has 0 fully saturated rings. The summed E-state index contributed by atoms with van der Waals surface area (Å²) in [5.74, 6) is 0.712. The average Bonchev–Trinajstić information content (AvgIpc) is 3.19. The number of para-hydroxylation sites is 1. The first-order valence-corrected chi connectivity index (χ1v) is 8.89. The summed E-state index contributed by atoms with van der Waals surface area (Å²) in [6.07, 6.45) is 7.30. The van der Waals surface area contributed by atoms with E-state index in [2.05, 4.69) is 11.1 Å². The molecule has 0 spiro atoms. The van der Waals surface area contributed by atoms with Gasteiger partial charge in [0, 0.05) is 17.3 Å². The van der Waals surface area contributed by atoms with Crippen molar-refractivity contribution in [2.45, 2.75) is 25.5 Å². The summed E-state index contributed by atoms with van der Waals surface area (Å²) >= 11 is 13.8. The Balaban J connectivity index is 1.69. The van der Waals surface area contributed by atoms with Gasteiger partial charge in [0.15, 0.2) is 0 Å². The molecule has 1 atom stereocenters. The fourth-order valence-corrected chi connectivity index (χ4v) is 3.61. The van der Waals surface area contributed by atoms with Crippen molar-refractivity contribution >= 4 is 34.5 Å². The third-order valence-electron chi connectivity index (χ3n) is 3.45. The largest absolute Gasteiger partial charge is 0.487 e. The van der Waals surface area contributed by atoms with Gasteiger partial charge in [-0.05, 0) is 37.1 Å². The summed E-state index contributed by atoms with van der Waals surface area (Å²) in [6, 6.07) is 11.6. The van der Waals surface area contributed by atoms with Gasteiger partial charge in [-0.1, -0.05) is 35.3 Å². The highest BCUT2D eigenvalue weighted by Gasteiger charge is 2.14. The average molecular weight is 367 g/mol. The molecule has 2 heterocycles. The number of halogens is 2. The topological polar surface area (TPSA) is 27.1 Å². The van der Waals surface area contributed by atoms with Crippen molar-refractivity contribution in [2.75, 3.05) is 0 Å². The summed E-state index contributed by atoms with van der Waals surface area (Å²) in [6.45, 7) is 0.727. The monoisotopic (exact) mass is 366 g/mol. The lowest BCUT2D eigenvalue weighted by Crippen LogP contribution is -2.23. The Morgan fingerprint density at radius 3 is 2.74 bits per heavy atom. The lowest BCUT2D eigenvalue weighted by molar-refractivity contribution is 0.171. The molecule has 0 N–H and O–H groups in total. The molecule has 1 aromatic carbocycles. The highest BCUT2D eigenvalue weighted by Crippen LogP contribution is 2.27. The Labute approximate surface area is 149 Å². The number of nitrogens with zero attached hydrogens (tertiary/aromatic N) is 2. The minimum atomic E-state index is 0.00461. The minimum absolute atomic E-state index is 0.00461. The fourth-order valence-electron chi connectivity index (χ4n) is 2.33. The molecule has 0 saturated heterocycles. The van der Waals surface area contributed by atoms with Crippen molar-refractivity contribution in [3.05, 3.63) is 69.4 Å². The smallest absolute Gasteiger partial charge is 0.138 e. The molecule has 0 radical (unpaired) electrons. The number of hydrogen-bond donors (Lipinski definition) is 0. The second kappa shape index (κ2) is 7.86. The fraction of sp³-hybridized carbons (Fsp3) is 0.235. The van der Waals surface area contributed by atoms with Crippen LogP contribution in [-0.2, 0) is 13.0 Å². The van der Waals surface area contributed by atoms with E-state index in [4.69, 9.17) is 27.9 Å². The van der Waals surface area contributed by atoms with E-state index >= 15 is 0 Å². The van der Waals surface area contributed by atoms with Crippen molar-refractivity contribution in [3.8, 4) is 5.75 Å². The molecule has 23 heavy (non-hydrogen) atoms. The number of aryl methyl sites for hydroxylation is 1.